The average molecular weight is 499 g/mol. The molecule has 0 saturated heterocycles. The first kappa shape index (κ1) is 25.1. The van der Waals surface area contributed by atoms with Gasteiger partial charge in [-0.25, -0.2) is 9.07 Å². The van der Waals surface area contributed by atoms with Crippen LogP contribution in [0.2, 0.25) is 0 Å². The lowest BCUT2D eigenvalue weighted by molar-refractivity contribution is -0.144. The van der Waals surface area contributed by atoms with Crippen LogP contribution in [-0.4, -0.2) is 15.7 Å². The van der Waals surface area contributed by atoms with Crippen molar-refractivity contribution in [3.8, 4) is 5.69 Å². The summed E-state index contributed by atoms with van der Waals surface area (Å²) in [7, 11) is 0. The number of halogens is 10. The second-order valence-electron chi connectivity index (χ2n) is 6.89. The summed E-state index contributed by atoms with van der Waals surface area (Å²) < 4.78 is 132. The molecule has 0 aliphatic rings. The lowest BCUT2D eigenvalue weighted by Crippen LogP contribution is -2.26. The summed E-state index contributed by atoms with van der Waals surface area (Å²) in [5, 5.41) is 5.34. The van der Waals surface area contributed by atoms with E-state index in [9.17, 15) is 48.7 Å². The van der Waals surface area contributed by atoms with Crippen molar-refractivity contribution in [2.45, 2.75) is 25.1 Å². The molecule has 2 aromatic carbocycles. The predicted molar refractivity (Wildman–Crippen MR) is 96.1 cm³/mol. The van der Waals surface area contributed by atoms with Crippen molar-refractivity contribution in [1.29, 1.82) is 0 Å². The number of carbonyl (C=O) groups is 1. The van der Waals surface area contributed by atoms with Gasteiger partial charge in [-0.3, -0.25) is 4.79 Å². The van der Waals surface area contributed by atoms with Crippen LogP contribution in [0.4, 0.5) is 43.9 Å². The van der Waals surface area contributed by atoms with Gasteiger partial charge in [0.15, 0.2) is 5.69 Å². The Hall–Kier alpha value is -3.58. The molecule has 0 fully saturated rings. The third kappa shape index (κ3) is 5.48. The van der Waals surface area contributed by atoms with Crippen LogP contribution >= 0.6 is 0 Å². The van der Waals surface area contributed by atoms with Gasteiger partial charge in [0, 0.05) is 6.54 Å². The van der Waals surface area contributed by atoms with Crippen molar-refractivity contribution in [3.63, 3.8) is 0 Å². The topological polar surface area (TPSA) is 46.9 Å². The molecule has 0 atom stereocenters. The Balaban J connectivity index is 1.93. The van der Waals surface area contributed by atoms with E-state index in [1.54, 1.807) is 0 Å². The van der Waals surface area contributed by atoms with Crippen molar-refractivity contribution in [2.75, 3.05) is 0 Å². The van der Waals surface area contributed by atoms with Gasteiger partial charge in [-0.1, -0.05) is 0 Å². The highest BCUT2D eigenvalue weighted by atomic mass is 19.4. The maximum atomic E-state index is 13.6. The SMILES string of the molecule is O=C(NCc1cc(C(F)(F)F)cc(C(F)(F)F)c1)c1cnn(-c2ccc(F)cc2)c1C(F)(F)F. The first-order valence-electron chi connectivity index (χ1n) is 9.05. The highest BCUT2D eigenvalue weighted by molar-refractivity contribution is 5.95. The zero-order chi connectivity index (χ0) is 25.5. The van der Waals surface area contributed by atoms with E-state index in [0.29, 0.717) is 23.0 Å². The monoisotopic (exact) mass is 499 g/mol. The van der Waals surface area contributed by atoms with Gasteiger partial charge in [0.25, 0.3) is 5.91 Å². The molecule has 0 bridgehead atoms. The molecule has 0 aliphatic carbocycles. The molecule has 0 radical (unpaired) electrons. The van der Waals surface area contributed by atoms with Crippen molar-refractivity contribution < 1.29 is 48.7 Å². The van der Waals surface area contributed by atoms with Gasteiger partial charge in [-0.2, -0.15) is 44.6 Å². The number of nitrogens with one attached hydrogen (secondary N) is 1. The molecule has 1 aromatic heterocycles. The molecule has 0 saturated carbocycles. The highest BCUT2D eigenvalue weighted by Gasteiger charge is 2.41. The Morgan fingerprint density at radius 2 is 1.35 bits per heavy atom. The number of rotatable bonds is 4. The number of hydrogen-bond acceptors (Lipinski definition) is 2. The van der Waals surface area contributed by atoms with E-state index < -0.39 is 64.7 Å². The van der Waals surface area contributed by atoms with Gasteiger partial charge in [0.2, 0.25) is 0 Å². The fourth-order valence-electron chi connectivity index (χ4n) is 2.96. The Labute approximate surface area is 183 Å². The molecule has 34 heavy (non-hydrogen) atoms. The zero-order valence-electron chi connectivity index (χ0n) is 16.4. The van der Waals surface area contributed by atoms with Crippen molar-refractivity contribution >= 4 is 5.91 Å². The van der Waals surface area contributed by atoms with Crippen LogP contribution in [0.15, 0.2) is 48.7 Å². The number of benzene rings is 2. The van der Waals surface area contributed by atoms with Crippen molar-refractivity contribution in [2.24, 2.45) is 0 Å². The summed E-state index contributed by atoms with van der Waals surface area (Å²) in [5.41, 5.74) is -6.80. The van der Waals surface area contributed by atoms with Gasteiger partial charge in [-0.05, 0) is 48.0 Å². The molecular weight excluding hydrogens is 488 g/mol. The molecule has 1 amide bonds. The summed E-state index contributed by atoms with van der Waals surface area (Å²) in [6, 6.07) is 4.16. The third-order valence-electron chi connectivity index (χ3n) is 4.45. The van der Waals surface area contributed by atoms with Crippen LogP contribution in [0.1, 0.15) is 32.7 Å². The number of carbonyl (C=O) groups excluding carboxylic acids is 1. The fourth-order valence-corrected chi connectivity index (χ4v) is 2.96. The van der Waals surface area contributed by atoms with Gasteiger partial charge in [0.1, 0.15) is 5.82 Å². The summed E-state index contributed by atoms with van der Waals surface area (Å²) in [6.07, 6.45) is -14.9. The fraction of sp³-hybridized carbons (Fsp3) is 0.200. The zero-order valence-corrected chi connectivity index (χ0v) is 16.4. The number of nitrogens with zero attached hydrogens (tertiary/aromatic N) is 2. The maximum Gasteiger partial charge on any atom is 0.434 e. The van der Waals surface area contributed by atoms with Gasteiger partial charge >= 0.3 is 18.5 Å². The molecule has 4 nitrogen and oxygen atoms in total. The maximum absolute atomic E-state index is 13.6. The van der Waals surface area contributed by atoms with Crippen molar-refractivity contribution in [3.05, 3.63) is 82.4 Å². The number of aromatic nitrogens is 2. The largest absolute Gasteiger partial charge is 0.434 e. The van der Waals surface area contributed by atoms with Crippen LogP contribution in [0.25, 0.3) is 5.69 Å². The van der Waals surface area contributed by atoms with Crippen LogP contribution < -0.4 is 5.32 Å². The first-order valence-corrected chi connectivity index (χ1v) is 9.05. The number of hydrogen-bond donors (Lipinski definition) is 1. The summed E-state index contributed by atoms with van der Waals surface area (Å²) in [6.45, 7) is -0.940. The smallest absolute Gasteiger partial charge is 0.348 e. The lowest BCUT2D eigenvalue weighted by atomic mass is 10.0. The van der Waals surface area contributed by atoms with E-state index >= 15 is 0 Å². The summed E-state index contributed by atoms with van der Waals surface area (Å²) >= 11 is 0. The number of alkyl halides is 9. The molecule has 1 N–H and O–H groups in total. The van der Waals surface area contributed by atoms with Crippen LogP contribution in [0.5, 0.6) is 0 Å². The second kappa shape index (κ2) is 8.65. The molecule has 0 spiro atoms. The molecule has 3 aromatic rings. The van der Waals surface area contributed by atoms with Crippen LogP contribution in [-0.2, 0) is 25.1 Å². The molecule has 14 heteroatoms. The number of amides is 1. The Morgan fingerprint density at radius 1 is 0.824 bits per heavy atom. The van der Waals surface area contributed by atoms with E-state index in [1.807, 2.05) is 5.32 Å². The van der Waals surface area contributed by atoms with Crippen molar-refractivity contribution in [1.82, 2.24) is 15.1 Å². The van der Waals surface area contributed by atoms with Crippen LogP contribution in [0.3, 0.4) is 0 Å². The Morgan fingerprint density at radius 3 is 1.82 bits per heavy atom. The minimum Gasteiger partial charge on any atom is -0.348 e. The van der Waals surface area contributed by atoms with E-state index in [0.717, 1.165) is 24.3 Å². The van der Waals surface area contributed by atoms with E-state index in [4.69, 9.17) is 0 Å². The molecule has 3 rings (SSSR count). The van der Waals surface area contributed by atoms with Gasteiger partial charge in [0.05, 0.1) is 28.6 Å². The standard InChI is InChI=1S/C20H11F10N3O/c21-13-1-3-14(4-2-13)33-16(20(28,29)30)15(9-32-33)17(34)31-8-10-5-11(18(22,23)24)7-12(6-10)19(25,26)27/h1-7,9H,8H2,(H,31,34). The van der Waals surface area contributed by atoms with Gasteiger partial charge < -0.3 is 5.32 Å². The molecular formula is C20H11F10N3O. The predicted octanol–water partition coefficient (Wildman–Crippen LogP) is 6.00. The quantitative estimate of drug-likeness (QED) is 0.448. The molecule has 1 heterocycles. The van der Waals surface area contributed by atoms with Gasteiger partial charge in [-0.15, -0.1) is 0 Å². The molecule has 0 unspecified atom stereocenters. The summed E-state index contributed by atoms with van der Waals surface area (Å²) in [5.74, 6) is -2.20. The molecule has 182 valence electrons. The lowest BCUT2D eigenvalue weighted by Gasteiger charge is -2.15. The van der Waals surface area contributed by atoms with E-state index in [1.165, 1.54) is 0 Å². The second-order valence-corrected chi connectivity index (χ2v) is 6.89. The minimum absolute atomic E-state index is 0.125. The minimum atomic E-state index is -5.14. The van der Waals surface area contributed by atoms with Crippen LogP contribution in [0, 0.1) is 5.82 Å². The molecule has 0 aliphatic heterocycles. The normalized spacial score (nSPS) is 12.6. The average Bonchev–Trinajstić information content (AvgIpc) is 3.17. The Kier molecular flexibility index (Phi) is 6.37. The Bertz CT molecular complexity index is 1160. The first-order chi connectivity index (χ1) is 15.6. The third-order valence-corrected chi connectivity index (χ3v) is 4.45. The summed E-state index contributed by atoms with van der Waals surface area (Å²) in [4.78, 5) is 12.4. The highest BCUT2D eigenvalue weighted by Crippen LogP contribution is 2.37. The van der Waals surface area contributed by atoms with E-state index in [-0.39, 0.29) is 11.8 Å². The van der Waals surface area contributed by atoms with E-state index in [2.05, 4.69) is 5.10 Å².